The summed E-state index contributed by atoms with van der Waals surface area (Å²) in [5.74, 6) is 0.423. The van der Waals surface area contributed by atoms with Crippen LogP contribution in [0.5, 0.6) is 0 Å². The first kappa shape index (κ1) is 14.0. The van der Waals surface area contributed by atoms with Crippen LogP contribution in [0.3, 0.4) is 0 Å². The molecule has 0 amide bonds. The van der Waals surface area contributed by atoms with Gasteiger partial charge in [-0.25, -0.2) is 0 Å². The fourth-order valence-corrected chi connectivity index (χ4v) is 3.47. The average Bonchev–Trinajstić information content (AvgIpc) is 2.90. The number of hydrogen-bond acceptors (Lipinski definition) is 3. The number of halogens is 1. The molecule has 1 aromatic rings. The summed E-state index contributed by atoms with van der Waals surface area (Å²) in [5.41, 5.74) is 0.679. The lowest BCUT2D eigenvalue weighted by Gasteiger charge is -2.36. The van der Waals surface area contributed by atoms with Crippen LogP contribution in [-0.4, -0.2) is 28.4 Å². The Hall–Kier alpha value is -0.450. The van der Waals surface area contributed by atoms with Crippen LogP contribution in [0.2, 0.25) is 0 Å². The van der Waals surface area contributed by atoms with Gasteiger partial charge in [-0.05, 0) is 52.7 Å². The summed E-state index contributed by atoms with van der Waals surface area (Å²) in [6, 6.07) is 2.02. The normalized spacial score (nSPS) is 17.3. The lowest BCUT2D eigenvalue weighted by molar-refractivity contribution is 0.00564. The van der Waals surface area contributed by atoms with Crippen molar-refractivity contribution >= 4 is 15.9 Å². The maximum absolute atomic E-state index is 9.78. The molecule has 1 heterocycles. The summed E-state index contributed by atoms with van der Waals surface area (Å²) in [5, 5.41) is 19.6. The third kappa shape index (κ3) is 2.92. The lowest BCUT2D eigenvalue weighted by atomic mass is 9.71. The molecule has 3 nitrogen and oxygen atoms in total. The molecule has 0 radical (unpaired) electrons. The van der Waals surface area contributed by atoms with Crippen molar-refractivity contribution in [2.45, 2.75) is 32.1 Å². The van der Waals surface area contributed by atoms with Gasteiger partial charge in [0.05, 0.1) is 13.2 Å². The fraction of sp³-hybridized carbons (Fsp3) is 0.643. The maximum Gasteiger partial charge on any atom is 0.0515 e. The van der Waals surface area contributed by atoms with E-state index in [1.807, 2.05) is 12.3 Å². The van der Waals surface area contributed by atoms with Crippen molar-refractivity contribution in [3.63, 3.8) is 0 Å². The number of rotatable bonds is 5. The second-order valence-electron chi connectivity index (χ2n) is 5.35. The molecule has 0 atom stereocenters. The van der Waals surface area contributed by atoms with Crippen molar-refractivity contribution in [1.82, 2.24) is 4.98 Å². The number of aromatic nitrogens is 1. The Bertz CT molecular complexity index is 387. The molecule has 0 unspecified atom stereocenters. The number of aliphatic hydroxyl groups is 2. The number of pyridine rings is 1. The van der Waals surface area contributed by atoms with Crippen molar-refractivity contribution in [2.75, 3.05) is 13.2 Å². The van der Waals surface area contributed by atoms with Crippen LogP contribution < -0.4 is 0 Å². The fourth-order valence-electron chi connectivity index (χ4n) is 3.06. The van der Waals surface area contributed by atoms with Crippen LogP contribution in [0, 0.1) is 11.3 Å². The molecule has 1 aliphatic rings. The molecular weight excluding hydrogens is 294 g/mol. The molecule has 0 saturated heterocycles. The Morgan fingerprint density at radius 3 is 2.44 bits per heavy atom. The van der Waals surface area contributed by atoms with E-state index < -0.39 is 0 Å². The summed E-state index contributed by atoms with van der Waals surface area (Å²) >= 11 is 3.41. The zero-order valence-electron chi connectivity index (χ0n) is 10.5. The standard InChI is InChI=1S/C14H20BrNO2/c15-13-5-11(7-16-8-13)6-14(9-17,10-18)12-3-1-2-4-12/h5,7-8,12,17-18H,1-4,6,9-10H2. The van der Waals surface area contributed by atoms with Gasteiger partial charge in [0.1, 0.15) is 0 Å². The number of nitrogens with zero attached hydrogens (tertiary/aromatic N) is 1. The molecule has 4 heteroatoms. The van der Waals surface area contributed by atoms with Gasteiger partial charge in [0, 0.05) is 22.3 Å². The lowest BCUT2D eigenvalue weighted by Crippen LogP contribution is -2.39. The molecule has 1 aliphatic carbocycles. The van der Waals surface area contributed by atoms with Gasteiger partial charge < -0.3 is 10.2 Å². The van der Waals surface area contributed by atoms with Gasteiger partial charge in [-0.3, -0.25) is 4.98 Å². The van der Waals surface area contributed by atoms with E-state index >= 15 is 0 Å². The Kier molecular flexibility index (Phi) is 4.76. The number of aliphatic hydroxyl groups excluding tert-OH is 2. The second-order valence-corrected chi connectivity index (χ2v) is 6.26. The van der Waals surface area contributed by atoms with Crippen LogP contribution in [0.25, 0.3) is 0 Å². The predicted molar refractivity (Wildman–Crippen MR) is 74.2 cm³/mol. The Morgan fingerprint density at radius 1 is 1.22 bits per heavy atom. The van der Waals surface area contributed by atoms with Crippen molar-refractivity contribution in [3.05, 3.63) is 28.5 Å². The van der Waals surface area contributed by atoms with Crippen molar-refractivity contribution in [3.8, 4) is 0 Å². The molecule has 0 aromatic carbocycles. The van der Waals surface area contributed by atoms with E-state index in [0.717, 1.165) is 22.9 Å². The van der Waals surface area contributed by atoms with Crippen LogP contribution in [-0.2, 0) is 6.42 Å². The highest BCUT2D eigenvalue weighted by Gasteiger charge is 2.39. The topological polar surface area (TPSA) is 53.4 Å². The highest BCUT2D eigenvalue weighted by atomic mass is 79.9. The molecule has 2 rings (SSSR count). The van der Waals surface area contributed by atoms with Gasteiger partial charge in [0.15, 0.2) is 0 Å². The van der Waals surface area contributed by atoms with Crippen LogP contribution in [0.4, 0.5) is 0 Å². The third-order valence-corrected chi connectivity index (χ3v) is 4.60. The van der Waals surface area contributed by atoms with Gasteiger partial charge in [0.2, 0.25) is 0 Å². The van der Waals surface area contributed by atoms with Gasteiger partial charge in [-0.2, -0.15) is 0 Å². The average molecular weight is 314 g/mol. The molecule has 1 aromatic heterocycles. The zero-order valence-corrected chi connectivity index (χ0v) is 12.1. The highest BCUT2D eigenvalue weighted by molar-refractivity contribution is 9.10. The Morgan fingerprint density at radius 2 is 1.89 bits per heavy atom. The molecule has 1 fully saturated rings. The maximum atomic E-state index is 9.78. The molecular formula is C14H20BrNO2. The minimum absolute atomic E-state index is 0.0423. The van der Waals surface area contributed by atoms with E-state index in [2.05, 4.69) is 20.9 Å². The molecule has 0 bridgehead atoms. The van der Waals surface area contributed by atoms with Crippen LogP contribution in [0.15, 0.2) is 22.9 Å². The summed E-state index contributed by atoms with van der Waals surface area (Å²) in [4.78, 5) is 4.15. The predicted octanol–water partition coefficient (Wildman–Crippen LogP) is 2.55. The van der Waals surface area contributed by atoms with Crippen molar-refractivity contribution in [1.29, 1.82) is 0 Å². The van der Waals surface area contributed by atoms with E-state index in [9.17, 15) is 10.2 Å². The minimum atomic E-state index is -0.390. The van der Waals surface area contributed by atoms with Gasteiger partial charge in [-0.15, -0.1) is 0 Å². The molecule has 0 spiro atoms. The first-order valence-electron chi connectivity index (χ1n) is 6.51. The van der Waals surface area contributed by atoms with Gasteiger partial charge in [0.25, 0.3) is 0 Å². The van der Waals surface area contributed by atoms with Crippen LogP contribution >= 0.6 is 15.9 Å². The molecule has 2 N–H and O–H groups in total. The van der Waals surface area contributed by atoms with E-state index in [1.54, 1.807) is 6.20 Å². The summed E-state index contributed by atoms with van der Waals surface area (Å²) < 4.78 is 0.941. The van der Waals surface area contributed by atoms with Gasteiger partial charge >= 0.3 is 0 Å². The molecule has 0 aliphatic heterocycles. The van der Waals surface area contributed by atoms with E-state index in [-0.39, 0.29) is 18.6 Å². The van der Waals surface area contributed by atoms with E-state index in [0.29, 0.717) is 12.3 Å². The van der Waals surface area contributed by atoms with Crippen molar-refractivity contribution in [2.24, 2.45) is 11.3 Å². The summed E-state index contributed by atoms with van der Waals surface area (Å²) in [7, 11) is 0. The minimum Gasteiger partial charge on any atom is -0.396 e. The second kappa shape index (κ2) is 6.13. The molecule has 18 heavy (non-hydrogen) atoms. The first-order valence-corrected chi connectivity index (χ1v) is 7.30. The van der Waals surface area contributed by atoms with Crippen molar-refractivity contribution < 1.29 is 10.2 Å². The van der Waals surface area contributed by atoms with Crippen LogP contribution in [0.1, 0.15) is 31.2 Å². The third-order valence-electron chi connectivity index (χ3n) is 4.17. The summed E-state index contributed by atoms with van der Waals surface area (Å²) in [6.07, 6.45) is 8.91. The van der Waals surface area contributed by atoms with E-state index in [1.165, 1.54) is 12.8 Å². The highest BCUT2D eigenvalue weighted by Crippen LogP contribution is 2.41. The molecule has 100 valence electrons. The quantitative estimate of drug-likeness (QED) is 0.878. The largest absolute Gasteiger partial charge is 0.396 e. The Balaban J connectivity index is 2.19. The van der Waals surface area contributed by atoms with E-state index in [4.69, 9.17) is 0 Å². The summed E-state index contributed by atoms with van der Waals surface area (Å²) in [6.45, 7) is 0.0847. The monoisotopic (exact) mass is 313 g/mol. The number of hydrogen-bond donors (Lipinski definition) is 2. The Labute approximate surface area is 116 Å². The van der Waals surface area contributed by atoms with Gasteiger partial charge in [-0.1, -0.05) is 12.8 Å². The SMILES string of the molecule is OCC(CO)(Cc1cncc(Br)c1)C1CCCC1. The smallest absolute Gasteiger partial charge is 0.0515 e. The first-order chi connectivity index (χ1) is 8.70. The molecule has 1 saturated carbocycles. The zero-order chi connectivity index (χ0) is 13.0.